The van der Waals surface area contributed by atoms with Gasteiger partial charge in [-0.1, -0.05) is 53.4 Å². The van der Waals surface area contributed by atoms with Gasteiger partial charge in [0.25, 0.3) is 0 Å². The van der Waals surface area contributed by atoms with Crippen LogP contribution in [0.2, 0.25) is 0 Å². The number of ether oxygens (including phenoxy) is 4. The number of hydrogen-bond donors (Lipinski definition) is 0. The van der Waals surface area contributed by atoms with Crippen LogP contribution < -0.4 is 0 Å². The zero-order chi connectivity index (χ0) is 22.8. The molecule has 0 heterocycles. The van der Waals surface area contributed by atoms with Gasteiger partial charge < -0.3 is 18.9 Å². The Labute approximate surface area is 179 Å². The van der Waals surface area contributed by atoms with Crippen molar-refractivity contribution in [3.63, 3.8) is 0 Å². The van der Waals surface area contributed by atoms with E-state index in [1.165, 1.54) is 0 Å². The Balaban J connectivity index is 5.94. The Morgan fingerprint density at radius 1 is 0.433 bits per heavy atom. The minimum absolute atomic E-state index is 0.0458. The van der Waals surface area contributed by atoms with Crippen molar-refractivity contribution in [1.82, 2.24) is 0 Å². The number of carbonyl (C=O) groups excluding carboxylic acids is 4. The predicted molar refractivity (Wildman–Crippen MR) is 110 cm³/mol. The summed E-state index contributed by atoms with van der Waals surface area (Å²) < 4.78 is 20.4. The summed E-state index contributed by atoms with van der Waals surface area (Å²) in [6.07, 6.45) is 5.33. The standard InChI is InChI=1S/C22H36O8/c1-5-9-13-27-19(23)17(20(24)28-14-10-6-2)18(21(25)29-15-11-7-3)22(26)30-16-12-8-4/h5-16H2,1-4H3. The first-order chi connectivity index (χ1) is 14.4. The number of hydrogen-bond acceptors (Lipinski definition) is 8. The summed E-state index contributed by atoms with van der Waals surface area (Å²) in [5.41, 5.74) is -1.55. The SMILES string of the molecule is CCCCOC(=O)C(C(=O)OCCCC)=C(C(=O)OCCCC)C(=O)OCCCC. The molecule has 0 spiro atoms. The summed E-state index contributed by atoms with van der Waals surface area (Å²) in [6.45, 7) is 7.81. The summed E-state index contributed by atoms with van der Waals surface area (Å²) in [7, 11) is 0. The molecule has 0 aliphatic heterocycles. The van der Waals surface area contributed by atoms with Gasteiger partial charge >= 0.3 is 23.9 Å². The molecule has 0 unspecified atom stereocenters. The smallest absolute Gasteiger partial charge is 0.346 e. The molecular weight excluding hydrogens is 392 g/mol. The van der Waals surface area contributed by atoms with Crippen LogP contribution in [0.15, 0.2) is 11.1 Å². The Morgan fingerprint density at radius 2 is 0.633 bits per heavy atom. The molecule has 0 bridgehead atoms. The molecule has 0 radical (unpaired) electrons. The molecule has 0 aliphatic carbocycles. The fourth-order valence-corrected chi connectivity index (χ4v) is 2.10. The maximum Gasteiger partial charge on any atom is 0.346 e. The van der Waals surface area contributed by atoms with Gasteiger partial charge in [-0.3, -0.25) is 0 Å². The third-order valence-corrected chi connectivity index (χ3v) is 3.99. The zero-order valence-corrected chi connectivity index (χ0v) is 18.8. The second kappa shape index (κ2) is 17.5. The van der Waals surface area contributed by atoms with E-state index in [9.17, 15) is 19.2 Å². The lowest BCUT2D eigenvalue weighted by molar-refractivity contribution is -0.153. The molecule has 30 heavy (non-hydrogen) atoms. The predicted octanol–water partition coefficient (Wildman–Crippen LogP) is 3.66. The molecule has 0 saturated carbocycles. The minimum Gasteiger partial charge on any atom is -0.462 e. The first-order valence-corrected chi connectivity index (χ1v) is 10.9. The van der Waals surface area contributed by atoms with E-state index in [1.54, 1.807) is 0 Å². The van der Waals surface area contributed by atoms with E-state index in [0.29, 0.717) is 25.7 Å². The van der Waals surface area contributed by atoms with Crippen LogP contribution in [-0.2, 0) is 38.1 Å². The molecule has 172 valence electrons. The van der Waals surface area contributed by atoms with Crippen molar-refractivity contribution in [2.75, 3.05) is 26.4 Å². The average Bonchev–Trinajstić information content (AvgIpc) is 2.72. The highest BCUT2D eigenvalue weighted by atomic mass is 16.6. The second-order valence-electron chi connectivity index (χ2n) is 6.71. The Kier molecular flexibility index (Phi) is 16.1. The Bertz CT molecular complexity index is 482. The normalized spacial score (nSPS) is 10.1. The third-order valence-electron chi connectivity index (χ3n) is 3.99. The van der Waals surface area contributed by atoms with Crippen LogP contribution in [0.25, 0.3) is 0 Å². The zero-order valence-electron chi connectivity index (χ0n) is 18.8. The summed E-state index contributed by atoms with van der Waals surface area (Å²) in [6, 6.07) is 0. The molecule has 8 heteroatoms. The first kappa shape index (κ1) is 27.6. The molecule has 0 N–H and O–H groups in total. The Hall–Kier alpha value is -2.38. The largest absolute Gasteiger partial charge is 0.462 e. The molecule has 0 aliphatic rings. The molecule has 0 rings (SSSR count). The van der Waals surface area contributed by atoms with E-state index in [1.807, 2.05) is 27.7 Å². The van der Waals surface area contributed by atoms with Crippen molar-refractivity contribution < 1.29 is 38.1 Å². The number of esters is 4. The molecular formula is C22H36O8. The maximum absolute atomic E-state index is 12.6. The fraction of sp³-hybridized carbons (Fsp3) is 0.727. The van der Waals surface area contributed by atoms with Crippen LogP contribution in [0.5, 0.6) is 0 Å². The highest BCUT2D eigenvalue weighted by molar-refractivity contribution is 6.27. The highest BCUT2D eigenvalue weighted by Crippen LogP contribution is 2.15. The number of carbonyl (C=O) groups is 4. The van der Waals surface area contributed by atoms with E-state index in [0.717, 1.165) is 25.7 Å². The van der Waals surface area contributed by atoms with Crippen LogP contribution >= 0.6 is 0 Å². The third kappa shape index (κ3) is 11.0. The van der Waals surface area contributed by atoms with Gasteiger partial charge in [-0.15, -0.1) is 0 Å². The van der Waals surface area contributed by atoms with E-state index >= 15 is 0 Å². The van der Waals surface area contributed by atoms with E-state index in [-0.39, 0.29) is 26.4 Å². The lowest BCUT2D eigenvalue weighted by atomic mass is 10.1. The van der Waals surface area contributed by atoms with Crippen LogP contribution in [0.1, 0.15) is 79.1 Å². The fourth-order valence-electron chi connectivity index (χ4n) is 2.10. The lowest BCUT2D eigenvalue weighted by Gasteiger charge is -2.14. The second-order valence-corrected chi connectivity index (χ2v) is 6.71. The van der Waals surface area contributed by atoms with Crippen molar-refractivity contribution in [2.24, 2.45) is 0 Å². The number of rotatable bonds is 16. The van der Waals surface area contributed by atoms with Crippen LogP contribution in [-0.4, -0.2) is 50.3 Å². The van der Waals surface area contributed by atoms with Gasteiger partial charge in [0.2, 0.25) is 0 Å². The van der Waals surface area contributed by atoms with Gasteiger partial charge in [-0.05, 0) is 25.7 Å². The summed E-state index contributed by atoms with van der Waals surface area (Å²) in [4.78, 5) is 50.4. The molecule has 0 aromatic heterocycles. The molecule has 0 saturated heterocycles. The van der Waals surface area contributed by atoms with E-state index in [2.05, 4.69) is 0 Å². The van der Waals surface area contributed by atoms with Gasteiger partial charge in [0.15, 0.2) is 11.1 Å². The van der Waals surface area contributed by atoms with Crippen LogP contribution in [0.3, 0.4) is 0 Å². The molecule has 0 amide bonds. The maximum atomic E-state index is 12.6. The Morgan fingerprint density at radius 3 is 0.800 bits per heavy atom. The number of unbranched alkanes of at least 4 members (excludes halogenated alkanes) is 4. The minimum atomic E-state index is -1.10. The van der Waals surface area contributed by atoms with Gasteiger partial charge in [-0.2, -0.15) is 0 Å². The van der Waals surface area contributed by atoms with E-state index < -0.39 is 35.0 Å². The highest BCUT2D eigenvalue weighted by Gasteiger charge is 2.36. The molecule has 0 aromatic carbocycles. The van der Waals surface area contributed by atoms with Crippen LogP contribution in [0, 0.1) is 0 Å². The molecule has 0 atom stereocenters. The van der Waals surface area contributed by atoms with Gasteiger partial charge in [-0.25, -0.2) is 19.2 Å². The topological polar surface area (TPSA) is 105 Å². The molecule has 0 fully saturated rings. The summed E-state index contributed by atoms with van der Waals surface area (Å²) in [5.74, 6) is -4.39. The molecule has 0 aromatic rings. The van der Waals surface area contributed by atoms with Crippen molar-refractivity contribution in [2.45, 2.75) is 79.1 Å². The van der Waals surface area contributed by atoms with Crippen LogP contribution in [0.4, 0.5) is 0 Å². The van der Waals surface area contributed by atoms with Crippen molar-refractivity contribution in [3.8, 4) is 0 Å². The van der Waals surface area contributed by atoms with Crippen molar-refractivity contribution in [3.05, 3.63) is 11.1 Å². The van der Waals surface area contributed by atoms with Crippen molar-refractivity contribution >= 4 is 23.9 Å². The van der Waals surface area contributed by atoms with E-state index in [4.69, 9.17) is 18.9 Å². The van der Waals surface area contributed by atoms with Gasteiger partial charge in [0, 0.05) is 0 Å². The quantitative estimate of drug-likeness (QED) is 0.0916. The van der Waals surface area contributed by atoms with Crippen molar-refractivity contribution in [1.29, 1.82) is 0 Å². The first-order valence-electron chi connectivity index (χ1n) is 10.9. The summed E-state index contributed by atoms with van der Waals surface area (Å²) in [5, 5.41) is 0. The summed E-state index contributed by atoms with van der Waals surface area (Å²) >= 11 is 0. The van der Waals surface area contributed by atoms with Gasteiger partial charge in [0.05, 0.1) is 26.4 Å². The van der Waals surface area contributed by atoms with Gasteiger partial charge in [0.1, 0.15) is 0 Å². The monoisotopic (exact) mass is 428 g/mol. The lowest BCUT2D eigenvalue weighted by Crippen LogP contribution is -2.29. The average molecular weight is 429 g/mol. The molecule has 8 nitrogen and oxygen atoms in total.